The van der Waals surface area contributed by atoms with E-state index in [-0.39, 0.29) is 0 Å². The van der Waals surface area contributed by atoms with Crippen LogP contribution in [0.1, 0.15) is 11.1 Å². The first-order valence-corrected chi connectivity index (χ1v) is 12.2. The maximum Gasteiger partial charge on any atom is 0.0701 e. The van der Waals surface area contributed by atoms with Crippen molar-refractivity contribution in [2.75, 3.05) is 0 Å². The van der Waals surface area contributed by atoms with E-state index >= 15 is 0 Å². The zero-order valence-electron chi connectivity index (χ0n) is 18.7. The summed E-state index contributed by atoms with van der Waals surface area (Å²) >= 11 is 11.6. The first kappa shape index (κ1) is 23.8. The summed E-state index contributed by atoms with van der Waals surface area (Å²) in [5.41, 5.74) is 3.47. The number of hydrogen-bond acceptors (Lipinski definition) is 1. The number of nitrogens with zero attached hydrogens (tertiary/aromatic N) is 1. The molecule has 168 valence electrons. The quantitative estimate of drug-likeness (QED) is 0.224. The Bertz CT molecular complexity index is 1340. The monoisotopic (exact) mass is 481 g/mol. The Labute approximate surface area is 210 Å². The fourth-order valence-corrected chi connectivity index (χ4v) is 4.30. The van der Waals surface area contributed by atoms with Gasteiger partial charge in [0.05, 0.1) is 5.52 Å². The molecule has 0 aliphatic rings. The number of fused-ring (bicyclic) bond motifs is 3. The third-order valence-electron chi connectivity index (χ3n) is 5.56. The van der Waals surface area contributed by atoms with Crippen LogP contribution in [0.2, 0.25) is 0 Å². The molecule has 0 saturated carbocycles. The average Bonchev–Trinajstić information content (AvgIpc) is 2.93. The Balaban J connectivity index is 0.000000121. The van der Waals surface area contributed by atoms with Crippen LogP contribution >= 0.6 is 23.2 Å². The van der Waals surface area contributed by atoms with Gasteiger partial charge >= 0.3 is 0 Å². The second kappa shape index (κ2) is 12.2. The van der Waals surface area contributed by atoms with Gasteiger partial charge in [0.25, 0.3) is 0 Å². The number of halogens is 2. The molecule has 1 heterocycles. The SMILES string of the molecule is ClCc1cccc2ccccc12.ClCc1cccc2ccccc12.c1ccc2ncccc2c1. The van der Waals surface area contributed by atoms with E-state index in [0.717, 1.165) is 5.52 Å². The van der Waals surface area contributed by atoms with Crippen molar-refractivity contribution in [3.8, 4) is 0 Å². The molecule has 6 aromatic rings. The lowest BCUT2D eigenvalue weighted by molar-refractivity contribution is 1.41. The summed E-state index contributed by atoms with van der Waals surface area (Å²) in [5, 5.41) is 6.24. The molecule has 0 aliphatic carbocycles. The van der Waals surface area contributed by atoms with Crippen molar-refractivity contribution in [1.82, 2.24) is 4.98 Å². The molecule has 0 radical (unpaired) electrons. The Kier molecular flexibility index (Phi) is 8.51. The molecule has 1 nitrogen and oxygen atoms in total. The Morgan fingerprint density at radius 1 is 0.441 bits per heavy atom. The van der Waals surface area contributed by atoms with Crippen molar-refractivity contribution in [3.63, 3.8) is 0 Å². The molecule has 5 aromatic carbocycles. The molecule has 0 bridgehead atoms. The van der Waals surface area contributed by atoms with Gasteiger partial charge in [-0.25, -0.2) is 0 Å². The molecule has 6 rings (SSSR count). The zero-order valence-corrected chi connectivity index (χ0v) is 20.3. The fraction of sp³-hybridized carbons (Fsp3) is 0.0645. The second-order valence-corrected chi connectivity index (χ2v) is 8.27. The van der Waals surface area contributed by atoms with Gasteiger partial charge < -0.3 is 0 Å². The molecule has 3 heteroatoms. The van der Waals surface area contributed by atoms with Gasteiger partial charge in [0, 0.05) is 23.3 Å². The highest BCUT2D eigenvalue weighted by molar-refractivity contribution is 6.18. The molecule has 0 N–H and O–H groups in total. The normalized spacial score (nSPS) is 10.3. The van der Waals surface area contributed by atoms with Crippen molar-refractivity contribution >= 4 is 55.6 Å². The lowest BCUT2D eigenvalue weighted by Gasteiger charge is -2.01. The number of hydrogen-bond donors (Lipinski definition) is 0. The molecule has 0 spiro atoms. The lowest BCUT2D eigenvalue weighted by Crippen LogP contribution is -1.79. The zero-order chi connectivity index (χ0) is 23.6. The topological polar surface area (TPSA) is 12.9 Å². The van der Waals surface area contributed by atoms with E-state index in [4.69, 9.17) is 23.2 Å². The first-order valence-electron chi connectivity index (χ1n) is 11.1. The van der Waals surface area contributed by atoms with Gasteiger partial charge in [-0.3, -0.25) is 4.98 Å². The van der Waals surface area contributed by atoms with Crippen molar-refractivity contribution in [3.05, 3.63) is 139 Å². The van der Waals surface area contributed by atoms with Gasteiger partial charge in [-0.15, -0.1) is 23.2 Å². The van der Waals surface area contributed by atoms with Gasteiger partial charge in [-0.1, -0.05) is 109 Å². The second-order valence-electron chi connectivity index (χ2n) is 7.74. The van der Waals surface area contributed by atoms with Crippen LogP contribution in [0.5, 0.6) is 0 Å². The van der Waals surface area contributed by atoms with E-state index in [2.05, 4.69) is 65.6 Å². The maximum absolute atomic E-state index is 5.81. The molecular formula is C31H25Cl2N. The molecule has 34 heavy (non-hydrogen) atoms. The molecule has 0 amide bonds. The van der Waals surface area contributed by atoms with E-state index in [1.807, 2.05) is 66.9 Å². The van der Waals surface area contributed by atoms with Crippen LogP contribution in [0.4, 0.5) is 0 Å². The van der Waals surface area contributed by atoms with Crippen LogP contribution in [0.15, 0.2) is 128 Å². The highest BCUT2D eigenvalue weighted by atomic mass is 35.5. The fourth-order valence-electron chi connectivity index (χ4n) is 3.83. The summed E-state index contributed by atoms with van der Waals surface area (Å²) in [5.74, 6) is 1.17. The van der Waals surface area contributed by atoms with Crippen molar-refractivity contribution in [2.24, 2.45) is 0 Å². The average molecular weight is 482 g/mol. The molecule has 1 aromatic heterocycles. The number of para-hydroxylation sites is 1. The number of aromatic nitrogens is 1. The number of rotatable bonds is 2. The number of pyridine rings is 1. The summed E-state index contributed by atoms with van der Waals surface area (Å²) in [4.78, 5) is 4.18. The van der Waals surface area contributed by atoms with E-state index < -0.39 is 0 Å². The summed E-state index contributed by atoms with van der Waals surface area (Å²) in [6.45, 7) is 0. The highest BCUT2D eigenvalue weighted by Crippen LogP contribution is 2.20. The molecule has 0 fully saturated rings. The minimum absolute atomic E-state index is 0.585. The Morgan fingerprint density at radius 2 is 0.882 bits per heavy atom. The van der Waals surface area contributed by atoms with Crippen LogP contribution in [-0.2, 0) is 11.8 Å². The van der Waals surface area contributed by atoms with E-state index in [9.17, 15) is 0 Å². The van der Waals surface area contributed by atoms with Gasteiger partial charge in [-0.05, 0) is 44.8 Å². The maximum atomic E-state index is 5.81. The molecule has 0 unspecified atom stereocenters. The largest absolute Gasteiger partial charge is 0.256 e. The third kappa shape index (κ3) is 5.94. The predicted molar refractivity (Wildman–Crippen MR) is 149 cm³/mol. The van der Waals surface area contributed by atoms with Gasteiger partial charge in [0.2, 0.25) is 0 Å². The Hall–Kier alpha value is -3.39. The number of benzene rings is 5. The summed E-state index contributed by atoms with van der Waals surface area (Å²) in [6.07, 6.45) is 1.81. The molecular weight excluding hydrogens is 457 g/mol. The Morgan fingerprint density at radius 3 is 1.41 bits per heavy atom. The van der Waals surface area contributed by atoms with Crippen LogP contribution in [0.3, 0.4) is 0 Å². The molecule has 0 aliphatic heterocycles. The minimum Gasteiger partial charge on any atom is -0.256 e. The number of alkyl halides is 2. The summed E-state index contributed by atoms with van der Waals surface area (Å²) < 4.78 is 0. The molecule has 0 atom stereocenters. The van der Waals surface area contributed by atoms with E-state index in [1.165, 1.54) is 38.1 Å². The lowest BCUT2D eigenvalue weighted by atomic mass is 10.1. The van der Waals surface area contributed by atoms with Crippen LogP contribution in [-0.4, -0.2) is 4.98 Å². The van der Waals surface area contributed by atoms with E-state index in [1.54, 1.807) is 0 Å². The van der Waals surface area contributed by atoms with Crippen LogP contribution in [0, 0.1) is 0 Å². The van der Waals surface area contributed by atoms with Gasteiger partial charge in [-0.2, -0.15) is 0 Å². The summed E-state index contributed by atoms with van der Waals surface area (Å²) in [7, 11) is 0. The third-order valence-corrected chi connectivity index (χ3v) is 6.14. The minimum atomic E-state index is 0.585. The van der Waals surface area contributed by atoms with Crippen molar-refractivity contribution < 1.29 is 0 Å². The van der Waals surface area contributed by atoms with Gasteiger partial charge in [0.1, 0.15) is 0 Å². The first-order chi connectivity index (χ1) is 16.8. The molecule has 0 saturated heterocycles. The summed E-state index contributed by atoms with van der Waals surface area (Å²) in [6, 6.07) is 41.1. The predicted octanol–water partition coefficient (Wildman–Crippen LogP) is 9.39. The van der Waals surface area contributed by atoms with E-state index in [0.29, 0.717) is 11.8 Å². The van der Waals surface area contributed by atoms with Gasteiger partial charge in [0.15, 0.2) is 0 Å². The standard InChI is InChI=1S/2C11H9Cl.C9H7N/c2*12-8-10-6-3-5-9-4-1-2-7-11(9)10;1-2-6-9-8(4-1)5-3-7-10-9/h2*1-7H,8H2;1-7H. The highest BCUT2D eigenvalue weighted by Gasteiger charge is 1.97. The van der Waals surface area contributed by atoms with Crippen molar-refractivity contribution in [1.29, 1.82) is 0 Å². The van der Waals surface area contributed by atoms with Crippen molar-refractivity contribution in [2.45, 2.75) is 11.8 Å². The smallest absolute Gasteiger partial charge is 0.0701 e. The van der Waals surface area contributed by atoms with Crippen LogP contribution < -0.4 is 0 Å². The van der Waals surface area contributed by atoms with Crippen LogP contribution in [0.25, 0.3) is 32.4 Å².